The highest BCUT2D eigenvalue weighted by atomic mass is 32.1. The second-order valence-electron chi connectivity index (χ2n) is 6.02. The first-order valence-corrected chi connectivity index (χ1v) is 9.22. The predicted octanol–water partition coefficient (Wildman–Crippen LogP) is 1.95. The SMILES string of the molecule is CCN1Cc2ccccc2C[C@H]1C(=O)NCCc1nc(C(=O)O)cs1. The molecule has 1 aromatic heterocycles. The van der Waals surface area contributed by atoms with E-state index in [9.17, 15) is 9.59 Å². The Hall–Kier alpha value is -2.25. The number of amides is 1. The highest BCUT2D eigenvalue weighted by Gasteiger charge is 2.30. The fraction of sp³-hybridized carbons (Fsp3) is 0.389. The maximum Gasteiger partial charge on any atom is 0.355 e. The summed E-state index contributed by atoms with van der Waals surface area (Å²) < 4.78 is 0. The molecule has 0 radical (unpaired) electrons. The van der Waals surface area contributed by atoms with E-state index in [0.29, 0.717) is 13.0 Å². The monoisotopic (exact) mass is 359 g/mol. The van der Waals surface area contributed by atoms with Gasteiger partial charge in [0.25, 0.3) is 0 Å². The van der Waals surface area contributed by atoms with Crippen molar-refractivity contribution >= 4 is 23.2 Å². The lowest BCUT2D eigenvalue weighted by Crippen LogP contribution is -2.50. The summed E-state index contributed by atoms with van der Waals surface area (Å²) in [7, 11) is 0. The highest BCUT2D eigenvalue weighted by Crippen LogP contribution is 2.23. The second kappa shape index (κ2) is 7.76. The zero-order chi connectivity index (χ0) is 17.8. The number of aromatic carboxylic acids is 1. The zero-order valence-corrected chi connectivity index (χ0v) is 14.9. The van der Waals surface area contributed by atoms with Crippen molar-refractivity contribution < 1.29 is 14.7 Å². The molecule has 1 atom stereocenters. The van der Waals surface area contributed by atoms with Gasteiger partial charge in [-0.3, -0.25) is 9.69 Å². The summed E-state index contributed by atoms with van der Waals surface area (Å²) in [5, 5.41) is 14.1. The van der Waals surface area contributed by atoms with Gasteiger partial charge >= 0.3 is 5.97 Å². The summed E-state index contributed by atoms with van der Waals surface area (Å²) in [5.74, 6) is -1.00. The number of carboxylic acid groups (broad SMARTS) is 1. The molecular formula is C18H21N3O3S. The van der Waals surface area contributed by atoms with E-state index in [2.05, 4.69) is 34.3 Å². The number of fused-ring (bicyclic) bond motifs is 1. The minimum absolute atomic E-state index is 0.0198. The van der Waals surface area contributed by atoms with Crippen LogP contribution in [-0.2, 0) is 24.2 Å². The third-order valence-corrected chi connectivity index (χ3v) is 5.37. The van der Waals surface area contributed by atoms with Gasteiger partial charge in [0.05, 0.1) is 11.0 Å². The van der Waals surface area contributed by atoms with Gasteiger partial charge in [-0.25, -0.2) is 9.78 Å². The van der Waals surface area contributed by atoms with Crippen LogP contribution < -0.4 is 5.32 Å². The van der Waals surface area contributed by atoms with Gasteiger partial charge in [-0.2, -0.15) is 0 Å². The molecule has 0 spiro atoms. The lowest BCUT2D eigenvalue weighted by molar-refractivity contribution is -0.126. The number of carboxylic acids is 1. The molecule has 6 nitrogen and oxygen atoms in total. The van der Waals surface area contributed by atoms with Crippen LogP contribution in [-0.4, -0.2) is 46.0 Å². The summed E-state index contributed by atoms with van der Waals surface area (Å²) in [5.41, 5.74) is 2.59. The Morgan fingerprint density at radius 2 is 2.12 bits per heavy atom. The molecule has 1 aliphatic rings. The Kier molecular flexibility index (Phi) is 5.45. The molecule has 1 aliphatic heterocycles. The first kappa shape index (κ1) is 17.6. The van der Waals surface area contributed by atoms with Gasteiger partial charge in [-0.1, -0.05) is 31.2 Å². The predicted molar refractivity (Wildman–Crippen MR) is 95.8 cm³/mol. The molecule has 0 saturated heterocycles. The number of hydrogen-bond donors (Lipinski definition) is 2. The van der Waals surface area contributed by atoms with Crippen LogP contribution >= 0.6 is 11.3 Å². The molecule has 0 aliphatic carbocycles. The third-order valence-electron chi connectivity index (χ3n) is 4.46. The first-order valence-electron chi connectivity index (χ1n) is 8.34. The number of rotatable bonds is 6. The lowest BCUT2D eigenvalue weighted by Gasteiger charge is -2.35. The van der Waals surface area contributed by atoms with Crippen molar-refractivity contribution in [2.24, 2.45) is 0 Å². The number of hydrogen-bond acceptors (Lipinski definition) is 5. The van der Waals surface area contributed by atoms with Gasteiger partial charge in [0.15, 0.2) is 5.69 Å². The summed E-state index contributed by atoms with van der Waals surface area (Å²) in [6.07, 6.45) is 1.26. The average molecular weight is 359 g/mol. The van der Waals surface area contributed by atoms with Crippen LogP contribution in [0.25, 0.3) is 0 Å². The van der Waals surface area contributed by atoms with Crippen molar-refractivity contribution in [3.8, 4) is 0 Å². The molecule has 132 valence electrons. The third kappa shape index (κ3) is 4.05. The Labute approximate surface area is 150 Å². The van der Waals surface area contributed by atoms with E-state index in [4.69, 9.17) is 5.11 Å². The van der Waals surface area contributed by atoms with Crippen molar-refractivity contribution in [2.45, 2.75) is 32.4 Å². The van der Waals surface area contributed by atoms with Crippen molar-refractivity contribution in [1.29, 1.82) is 0 Å². The topological polar surface area (TPSA) is 82.5 Å². The van der Waals surface area contributed by atoms with Crippen molar-refractivity contribution in [3.63, 3.8) is 0 Å². The molecule has 3 rings (SSSR count). The molecule has 0 bridgehead atoms. The van der Waals surface area contributed by atoms with Crippen LogP contribution in [0.5, 0.6) is 0 Å². The smallest absolute Gasteiger partial charge is 0.355 e. The number of aromatic nitrogens is 1. The van der Waals surface area contributed by atoms with E-state index >= 15 is 0 Å². The number of benzene rings is 1. The molecular weight excluding hydrogens is 338 g/mol. The fourth-order valence-electron chi connectivity index (χ4n) is 3.10. The Bertz CT molecular complexity index is 774. The van der Waals surface area contributed by atoms with Gasteiger partial charge < -0.3 is 10.4 Å². The zero-order valence-electron chi connectivity index (χ0n) is 14.1. The summed E-state index contributed by atoms with van der Waals surface area (Å²) in [6.45, 7) is 4.14. The molecule has 7 heteroatoms. The molecule has 2 N–H and O–H groups in total. The van der Waals surface area contributed by atoms with Gasteiger partial charge in [0.1, 0.15) is 0 Å². The maximum atomic E-state index is 12.6. The van der Waals surface area contributed by atoms with Crippen LogP contribution in [0.15, 0.2) is 29.6 Å². The quantitative estimate of drug-likeness (QED) is 0.824. The number of carbonyl (C=O) groups excluding carboxylic acids is 1. The van der Waals surface area contributed by atoms with E-state index in [1.165, 1.54) is 27.8 Å². The van der Waals surface area contributed by atoms with E-state index in [1.807, 2.05) is 12.1 Å². The number of thiazole rings is 1. The molecule has 0 fully saturated rings. The largest absolute Gasteiger partial charge is 0.476 e. The molecule has 25 heavy (non-hydrogen) atoms. The summed E-state index contributed by atoms with van der Waals surface area (Å²) >= 11 is 1.31. The van der Waals surface area contributed by atoms with E-state index in [0.717, 1.165) is 24.5 Å². The van der Waals surface area contributed by atoms with Gasteiger partial charge in [-0.05, 0) is 24.1 Å². The summed E-state index contributed by atoms with van der Waals surface area (Å²) in [4.78, 5) is 29.7. The fourth-order valence-corrected chi connectivity index (χ4v) is 3.87. The number of nitrogens with zero attached hydrogens (tertiary/aromatic N) is 2. The molecule has 2 aromatic rings. The highest BCUT2D eigenvalue weighted by molar-refractivity contribution is 7.09. The minimum atomic E-state index is -1.02. The van der Waals surface area contributed by atoms with E-state index < -0.39 is 5.97 Å². The molecule has 0 unspecified atom stereocenters. The van der Waals surface area contributed by atoms with Gasteiger partial charge in [0, 0.05) is 24.9 Å². The molecule has 2 heterocycles. The van der Waals surface area contributed by atoms with Gasteiger partial charge in [-0.15, -0.1) is 11.3 Å². The first-order chi connectivity index (χ1) is 12.1. The Balaban J connectivity index is 1.57. The second-order valence-corrected chi connectivity index (χ2v) is 6.97. The summed E-state index contributed by atoms with van der Waals surface area (Å²) in [6, 6.07) is 8.09. The molecule has 1 amide bonds. The molecule has 1 aromatic carbocycles. The van der Waals surface area contributed by atoms with E-state index in [1.54, 1.807) is 0 Å². The number of likely N-dealkylation sites (N-methyl/N-ethyl adjacent to an activating group) is 1. The van der Waals surface area contributed by atoms with Gasteiger partial charge in [0.2, 0.25) is 5.91 Å². The van der Waals surface area contributed by atoms with Crippen molar-refractivity contribution in [3.05, 3.63) is 51.5 Å². The normalized spacial score (nSPS) is 17.1. The maximum absolute atomic E-state index is 12.6. The van der Waals surface area contributed by atoms with Crippen LogP contribution in [0.2, 0.25) is 0 Å². The molecule has 0 saturated carbocycles. The van der Waals surface area contributed by atoms with Crippen molar-refractivity contribution in [1.82, 2.24) is 15.2 Å². The average Bonchev–Trinajstić information content (AvgIpc) is 3.09. The van der Waals surface area contributed by atoms with Crippen molar-refractivity contribution in [2.75, 3.05) is 13.1 Å². The Morgan fingerprint density at radius 1 is 1.36 bits per heavy atom. The van der Waals surface area contributed by atoms with E-state index in [-0.39, 0.29) is 17.6 Å². The lowest BCUT2D eigenvalue weighted by atomic mass is 9.93. The van der Waals surface area contributed by atoms with Crippen LogP contribution in [0.3, 0.4) is 0 Å². The Morgan fingerprint density at radius 3 is 2.80 bits per heavy atom. The van der Waals surface area contributed by atoms with Crippen LogP contribution in [0, 0.1) is 0 Å². The number of nitrogens with one attached hydrogen (secondary N) is 1. The number of carbonyl (C=O) groups is 2. The standard InChI is InChI=1S/C18H21N3O3S/c1-2-21-10-13-6-4-3-5-12(13)9-15(21)17(22)19-8-7-16-20-14(11-25-16)18(23)24/h3-6,11,15H,2,7-10H2,1H3,(H,19,22)(H,23,24)/t15-/m0/s1. The van der Waals surface area contributed by atoms with Crippen LogP contribution in [0.1, 0.15) is 33.5 Å². The minimum Gasteiger partial charge on any atom is -0.476 e. The van der Waals surface area contributed by atoms with Crippen LogP contribution in [0.4, 0.5) is 0 Å².